The summed E-state index contributed by atoms with van der Waals surface area (Å²) in [6.45, 7) is 6.96. The van der Waals surface area contributed by atoms with Crippen molar-refractivity contribution in [3.8, 4) is 11.1 Å². The standard InChI is InChI=1S/C21H28N2O2/c1-4-23(5-2)20-13-11-18(12-14-20)17-7-9-19(10-8-17)21(25)22(3)15-6-16-24/h7-14,24H,4-6,15-16H2,1-3H3. The van der Waals surface area contributed by atoms with Crippen molar-refractivity contribution in [2.75, 3.05) is 38.2 Å². The quantitative estimate of drug-likeness (QED) is 0.798. The Morgan fingerprint density at radius 3 is 1.92 bits per heavy atom. The number of benzene rings is 2. The van der Waals surface area contributed by atoms with Gasteiger partial charge >= 0.3 is 0 Å². The lowest BCUT2D eigenvalue weighted by atomic mass is 10.0. The number of aliphatic hydroxyl groups excluding tert-OH is 1. The molecule has 0 spiro atoms. The number of aliphatic hydroxyl groups is 1. The first-order chi connectivity index (χ1) is 12.1. The van der Waals surface area contributed by atoms with Crippen LogP contribution in [0.2, 0.25) is 0 Å². The predicted molar refractivity (Wildman–Crippen MR) is 104 cm³/mol. The third kappa shape index (κ3) is 4.83. The molecule has 2 aromatic carbocycles. The predicted octanol–water partition coefficient (Wildman–Crippen LogP) is 3.65. The van der Waals surface area contributed by atoms with Gasteiger partial charge in [0.1, 0.15) is 0 Å². The maximum absolute atomic E-state index is 12.3. The molecule has 0 saturated carbocycles. The fourth-order valence-electron chi connectivity index (χ4n) is 2.89. The number of anilines is 1. The van der Waals surface area contributed by atoms with Gasteiger partial charge in [-0.1, -0.05) is 24.3 Å². The zero-order valence-electron chi connectivity index (χ0n) is 15.4. The Hall–Kier alpha value is -2.33. The van der Waals surface area contributed by atoms with Crippen LogP contribution in [0.4, 0.5) is 5.69 Å². The summed E-state index contributed by atoms with van der Waals surface area (Å²) < 4.78 is 0. The van der Waals surface area contributed by atoms with Crippen LogP contribution in [0.25, 0.3) is 11.1 Å². The molecule has 4 nitrogen and oxygen atoms in total. The van der Waals surface area contributed by atoms with E-state index in [2.05, 4.69) is 43.0 Å². The molecule has 2 aromatic rings. The van der Waals surface area contributed by atoms with E-state index in [-0.39, 0.29) is 12.5 Å². The Morgan fingerprint density at radius 2 is 1.44 bits per heavy atom. The summed E-state index contributed by atoms with van der Waals surface area (Å²) in [5.41, 5.74) is 4.14. The minimum Gasteiger partial charge on any atom is -0.396 e. The third-order valence-electron chi connectivity index (χ3n) is 4.46. The lowest BCUT2D eigenvalue weighted by Gasteiger charge is -2.21. The van der Waals surface area contributed by atoms with Crippen molar-refractivity contribution in [3.05, 3.63) is 54.1 Å². The monoisotopic (exact) mass is 340 g/mol. The van der Waals surface area contributed by atoms with Crippen LogP contribution in [0.1, 0.15) is 30.6 Å². The Bertz CT molecular complexity index is 661. The average molecular weight is 340 g/mol. The van der Waals surface area contributed by atoms with Gasteiger partial charge in [0.25, 0.3) is 5.91 Å². The third-order valence-corrected chi connectivity index (χ3v) is 4.46. The van der Waals surface area contributed by atoms with Gasteiger partial charge in [0.05, 0.1) is 0 Å². The molecule has 0 fully saturated rings. The molecule has 134 valence electrons. The molecule has 0 atom stereocenters. The summed E-state index contributed by atoms with van der Waals surface area (Å²) in [7, 11) is 1.76. The van der Waals surface area contributed by atoms with Crippen molar-refractivity contribution >= 4 is 11.6 Å². The second-order valence-electron chi connectivity index (χ2n) is 6.10. The van der Waals surface area contributed by atoms with Crippen LogP contribution in [-0.2, 0) is 0 Å². The van der Waals surface area contributed by atoms with E-state index in [4.69, 9.17) is 5.11 Å². The number of amides is 1. The number of rotatable bonds is 8. The fraction of sp³-hybridized carbons (Fsp3) is 0.381. The van der Waals surface area contributed by atoms with Crippen molar-refractivity contribution in [2.45, 2.75) is 20.3 Å². The van der Waals surface area contributed by atoms with Gasteiger partial charge in [0.15, 0.2) is 0 Å². The lowest BCUT2D eigenvalue weighted by molar-refractivity contribution is 0.0786. The molecule has 0 unspecified atom stereocenters. The number of hydrogen-bond donors (Lipinski definition) is 1. The molecule has 1 amide bonds. The molecule has 0 aliphatic rings. The highest BCUT2D eigenvalue weighted by Crippen LogP contribution is 2.24. The van der Waals surface area contributed by atoms with Crippen molar-refractivity contribution in [3.63, 3.8) is 0 Å². The van der Waals surface area contributed by atoms with Gasteiger partial charge in [-0.25, -0.2) is 0 Å². The summed E-state index contributed by atoms with van der Waals surface area (Å²) in [4.78, 5) is 16.3. The summed E-state index contributed by atoms with van der Waals surface area (Å²) in [6, 6.07) is 16.2. The molecule has 0 heterocycles. The van der Waals surface area contributed by atoms with E-state index in [0.29, 0.717) is 18.5 Å². The van der Waals surface area contributed by atoms with Crippen LogP contribution in [0, 0.1) is 0 Å². The van der Waals surface area contributed by atoms with Crippen molar-refractivity contribution in [2.24, 2.45) is 0 Å². The summed E-state index contributed by atoms with van der Waals surface area (Å²) >= 11 is 0. The Labute approximate surface area is 150 Å². The van der Waals surface area contributed by atoms with E-state index in [1.54, 1.807) is 11.9 Å². The van der Waals surface area contributed by atoms with E-state index in [1.165, 1.54) is 5.69 Å². The van der Waals surface area contributed by atoms with Crippen LogP contribution in [0.3, 0.4) is 0 Å². The van der Waals surface area contributed by atoms with Crippen LogP contribution < -0.4 is 4.90 Å². The van der Waals surface area contributed by atoms with Gasteiger partial charge < -0.3 is 14.9 Å². The highest BCUT2D eigenvalue weighted by molar-refractivity contribution is 5.94. The molecular formula is C21H28N2O2. The maximum atomic E-state index is 12.3. The minimum atomic E-state index is -0.0168. The number of carbonyl (C=O) groups is 1. The zero-order chi connectivity index (χ0) is 18.2. The first kappa shape index (κ1) is 19.0. The second kappa shape index (κ2) is 9.23. The molecule has 0 aliphatic carbocycles. The van der Waals surface area contributed by atoms with Gasteiger partial charge in [-0.2, -0.15) is 0 Å². The van der Waals surface area contributed by atoms with Gasteiger partial charge in [0, 0.05) is 44.5 Å². The molecule has 2 rings (SSSR count). The summed E-state index contributed by atoms with van der Waals surface area (Å²) in [5, 5.41) is 8.87. The minimum absolute atomic E-state index is 0.0168. The number of carbonyl (C=O) groups excluding carboxylic acids is 1. The van der Waals surface area contributed by atoms with Gasteiger partial charge in [-0.05, 0) is 55.7 Å². The number of hydrogen-bond acceptors (Lipinski definition) is 3. The van der Waals surface area contributed by atoms with Crippen LogP contribution in [0.5, 0.6) is 0 Å². The topological polar surface area (TPSA) is 43.8 Å². The van der Waals surface area contributed by atoms with Gasteiger partial charge in [-0.3, -0.25) is 4.79 Å². The molecule has 0 bridgehead atoms. The molecule has 0 aromatic heterocycles. The molecule has 25 heavy (non-hydrogen) atoms. The lowest BCUT2D eigenvalue weighted by Crippen LogP contribution is -2.28. The van der Waals surface area contributed by atoms with Crippen LogP contribution in [-0.4, -0.2) is 49.2 Å². The van der Waals surface area contributed by atoms with Crippen molar-refractivity contribution < 1.29 is 9.90 Å². The van der Waals surface area contributed by atoms with Gasteiger partial charge in [0.2, 0.25) is 0 Å². The maximum Gasteiger partial charge on any atom is 0.253 e. The van der Waals surface area contributed by atoms with E-state index in [0.717, 1.165) is 24.2 Å². The van der Waals surface area contributed by atoms with Crippen molar-refractivity contribution in [1.82, 2.24) is 4.90 Å². The SMILES string of the molecule is CCN(CC)c1ccc(-c2ccc(C(=O)N(C)CCCO)cc2)cc1. The smallest absolute Gasteiger partial charge is 0.253 e. The zero-order valence-corrected chi connectivity index (χ0v) is 15.4. The average Bonchev–Trinajstić information content (AvgIpc) is 2.67. The van der Waals surface area contributed by atoms with E-state index in [1.807, 2.05) is 24.3 Å². The first-order valence-corrected chi connectivity index (χ1v) is 8.92. The highest BCUT2D eigenvalue weighted by Gasteiger charge is 2.11. The van der Waals surface area contributed by atoms with E-state index >= 15 is 0 Å². The normalized spacial score (nSPS) is 10.6. The molecule has 4 heteroatoms. The Kier molecular flexibility index (Phi) is 7.02. The highest BCUT2D eigenvalue weighted by atomic mass is 16.3. The van der Waals surface area contributed by atoms with E-state index in [9.17, 15) is 4.79 Å². The molecule has 0 aliphatic heterocycles. The molecule has 1 N–H and O–H groups in total. The fourth-order valence-corrected chi connectivity index (χ4v) is 2.89. The first-order valence-electron chi connectivity index (χ1n) is 8.92. The Morgan fingerprint density at radius 1 is 0.920 bits per heavy atom. The number of nitrogens with zero attached hydrogens (tertiary/aromatic N) is 2. The second-order valence-corrected chi connectivity index (χ2v) is 6.10. The Balaban J connectivity index is 2.10. The van der Waals surface area contributed by atoms with Crippen LogP contribution >= 0.6 is 0 Å². The van der Waals surface area contributed by atoms with Gasteiger partial charge in [-0.15, -0.1) is 0 Å². The largest absolute Gasteiger partial charge is 0.396 e. The molecular weight excluding hydrogens is 312 g/mol. The molecule has 0 radical (unpaired) electrons. The summed E-state index contributed by atoms with van der Waals surface area (Å²) in [5.74, 6) is -0.0168. The van der Waals surface area contributed by atoms with E-state index < -0.39 is 0 Å². The molecule has 0 saturated heterocycles. The van der Waals surface area contributed by atoms with Crippen LogP contribution in [0.15, 0.2) is 48.5 Å². The van der Waals surface area contributed by atoms with Crippen molar-refractivity contribution in [1.29, 1.82) is 0 Å². The summed E-state index contributed by atoms with van der Waals surface area (Å²) in [6.07, 6.45) is 0.596.